The molecule has 0 saturated heterocycles. The lowest BCUT2D eigenvalue weighted by molar-refractivity contribution is 0.495. The summed E-state index contributed by atoms with van der Waals surface area (Å²) in [6, 6.07) is 6.70. The van der Waals surface area contributed by atoms with Gasteiger partial charge in [-0.3, -0.25) is 4.68 Å². The molecule has 2 aromatic rings. The molecule has 102 valence electrons. The summed E-state index contributed by atoms with van der Waals surface area (Å²) in [5.41, 5.74) is 1.55. The predicted octanol–water partition coefficient (Wildman–Crippen LogP) is 3.11. The average Bonchev–Trinajstić information content (AvgIpc) is 2.79. The molecule has 1 heterocycles. The summed E-state index contributed by atoms with van der Waals surface area (Å²) in [6.45, 7) is 2.81. The highest BCUT2D eigenvalue weighted by Crippen LogP contribution is 2.25. The molecule has 1 aromatic heterocycles. The molecule has 1 N–H and O–H groups in total. The molecule has 0 saturated carbocycles. The van der Waals surface area contributed by atoms with Crippen molar-refractivity contribution in [2.45, 2.75) is 19.4 Å². The van der Waals surface area contributed by atoms with E-state index in [1.54, 1.807) is 23.0 Å². The summed E-state index contributed by atoms with van der Waals surface area (Å²) in [4.78, 5) is 0. The third-order valence-electron chi connectivity index (χ3n) is 3.14. The number of hydrogen-bond acceptors (Lipinski definition) is 2. The summed E-state index contributed by atoms with van der Waals surface area (Å²) in [5, 5.41) is 7.96. The highest BCUT2D eigenvalue weighted by molar-refractivity contribution is 6.31. The SMILES string of the molecule is CCNC(Cc1c(F)cccc1Cl)c1ccnn1C. The van der Waals surface area contributed by atoms with Crippen LogP contribution in [-0.2, 0) is 13.5 Å². The number of likely N-dealkylation sites (N-methyl/N-ethyl adjacent to an activating group) is 1. The molecule has 0 bridgehead atoms. The van der Waals surface area contributed by atoms with Crippen LogP contribution in [0.5, 0.6) is 0 Å². The Labute approximate surface area is 117 Å². The van der Waals surface area contributed by atoms with E-state index in [1.165, 1.54) is 6.07 Å². The number of nitrogens with one attached hydrogen (secondary N) is 1. The van der Waals surface area contributed by atoms with Crippen LogP contribution in [0.25, 0.3) is 0 Å². The first-order valence-electron chi connectivity index (χ1n) is 6.27. The maximum Gasteiger partial charge on any atom is 0.127 e. The fraction of sp³-hybridized carbons (Fsp3) is 0.357. The summed E-state index contributed by atoms with van der Waals surface area (Å²) in [6.07, 6.45) is 2.24. The van der Waals surface area contributed by atoms with Crippen LogP contribution < -0.4 is 5.32 Å². The second kappa shape index (κ2) is 6.17. The predicted molar refractivity (Wildman–Crippen MR) is 74.7 cm³/mol. The number of halogens is 2. The Morgan fingerprint density at radius 3 is 2.79 bits per heavy atom. The largest absolute Gasteiger partial charge is 0.309 e. The Kier molecular flexibility index (Phi) is 4.56. The quantitative estimate of drug-likeness (QED) is 0.913. The fourth-order valence-corrected chi connectivity index (χ4v) is 2.43. The van der Waals surface area contributed by atoms with E-state index in [0.29, 0.717) is 17.0 Å². The lowest BCUT2D eigenvalue weighted by atomic mass is 10.0. The van der Waals surface area contributed by atoms with E-state index in [2.05, 4.69) is 10.4 Å². The van der Waals surface area contributed by atoms with Crippen molar-refractivity contribution >= 4 is 11.6 Å². The van der Waals surface area contributed by atoms with Gasteiger partial charge in [0, 0.05) is 23.8 Å². The van der Waals surface area contributed by atoms with Crippen molar-refractivity contribution in [2.75, 3.05) is 6.54 Å². The van der Waals surface area contributed by atoms with Gasteiger partial charge in [-0.05, 0) is 31.2 Å². The second-order valence-electron chi connectivity index (χ2n) is 4.39. The Morgan fingerprint density at radius 2 is 2.21 bits per heavy atom. The zero-order chi connectivity index (χ0) is 13.8. The van der Waals surface area contributed by atoms with Gasteiger partial charge in [0.25, 0.3) is 0 Å². The minimum absolute atomic E-state index is 0.00750. The third-order valence-corrected chi connectivity index (χ3v) is 3.49. The first-order chi connectivity index (χ1) is 9.13. The van der Waals surface area contributed by atoms with Gasteiger partial charge in [-0.1, -0.05) is 24.6 Å². The summed E-state index contributed by atoms with van der Waals surface area (Å²) in [7, 11) is 1.88. The van der Waals surface area contributed by atoms with E-state index < -0.39 is 0 Å². The van der Waals surface area contributed by atoms with Crippen molar-refractivity contribution in [3.05, 3.63) is 52.6 Å². The van der Waals surface area contributed by atoms with Crippen LogP contribution in [0.15, 0.2) is 30.5 Å². The van der Waals surface area contributed by atoms with Crippen LogP contribution in [0.1, 0.15) is 24.2 Å². The van der Waals surface area contributed by atoms with Crippen LogP contribution >= 0.6 is 11.6 Å². The normalized spacial score (nSPS) is 12.6. The molecule has 0 aliphatic rings. The maximum atomic E-state index is 13.9. The fourth-order valence-electron chi connectivity index (χ4n) is 2.19. The molecule has 1 aromatic carbocycles. The van der Waals surface area contributed by atoms with Crippen LogP contribution in [0.3, 0.4) is 0 Å². The molecule has 0 aliphatic heterocycles. The summed E-state index contributed by atoms with van der Waals surface area (Å²) >= 11 is 6.08. The number of aromatic nitrogens is 2. The molecule has 0 spiro atoms. The molecule has 0 radical (unpaired) electrons. The Bertz CT molecular complexity index is 533. The van der Waals surface area contributed by atoms with E-state index in [4.69, 9.17) is 11.6 Å². The maximum absolute atomic E-state index is 13.9. The monoisotopic (exact) mass is 281 g/mol. The molecule has 0 aliphatic carbocycles. The standard InChI is InChI=1S/C14H17ClFN3/c1-3-17-13(14-7-8-18-19(14)2)9-10-11(15)5-4-6-12(10)16/h4-8,13,17H,3,9H2,1-2H3. The zero-order valence-electron chi connectivity index (χ0n) is 11.0. The van der Waals surface area contributed by atoms with Crippen molar-refractivity contribution in [1.82, 2.24) is 15.1 Å². The van der Waals surface area contributed by atoms with Crippen LogP contribution in [0, 0.1) is 5.82 Å². The van der Waals surface area contributed by atoms with E-state index in [-0.39, 0.29) is 11.9 Å². The lowest BCUT2D eigenvalue weighted by Crippen LogP contribution is -2.25. The van der Waals surface area contributed by atoms with Crippen molar-refractivity contribution in [3.63, 3.8) is 0 Å². The number of rotatable bonds is 5. The zero-order valence-corrected chi connectivity index (χ0v) is 11.8. The Hall–Kier alpha value is -1.39. The van der Waals surface area contributed by atoms with Gasteiger partial charge in [-0.25, -0.2) is 4.39 Å². The number of hydrogen-bond donors (Lipinski definition) is 1. The third kappa shape index (κ3) is 3.14. The molecule has 0 fully saturated rings. The smallest absolute Gasteiger partial charge is 0.127 e. The van der Waals surface area contributed by atoms with Gasteiger partial charge in [-0.15, -0.1) is 0 Å². The Balaban J connectivity index is 2.29. The second-order valence-corrected chi connectivity index (χ2v) is 4.80. The van der Waals surface area contributed by atoms with Crippen LogP contribution in [-0.4, -0.2) is 16.3 Å². The molecule has 2 rings (SSSR count). The average molecular weight is 282 g/mol. The first-order valence-corrected chi connectivity index (χ1v) is 6.65. The molecular formula is C14H17ClFN3. The van der Waals surface area contributed by atoms with E-state index in [0.717, 1.165) is 12.2 Å². The highest BCUT2D eigenvalue weighted by Gasteiger charge is 2.18. The van der Waals surface area contributed by atoms with E-state index in [9.17, 15) is 4.39 Å². The molecule has 0 amide bonds. The van der Waals surface area contributed by atoms with Gasteiger partial charge in [0.2, 0.25) is 0 Å². The Morgan fingerprint density at radius 1 is 1.42 bits per heavy atom. The highest BCUT2D eigenvalue weighted by atomic mass is 35.5. The molecule has 1 atom stereocenters. The van der Waals surface area contributed by atoms with Crippen molar-refractivity contribution in [2.24, 2.45) is 7.05 Å². The number of nitrogens with zero attached hydrogens (tertiary/aromatic N) is 2. The van der Waals surface area contributed by atoms with Crippen molar-refractivity contribution in [3.8, 4) is 0 Å². The molecular weight excluding hydrogens is 265 g/mol. The van der Waals surface area contributed by atoms with Gasteiger partial charge in [0.15, 0.2) is 0 Å². The minimum Gasteiger partial charge on any atom is -0.309 e. The number of aryl methyl sites for hydroxylation is 1. The van der Waals surface area contributed by atoms with E-state index in [1.807, 2.05) is 20.0 Å². The van der Waals surface area contributed by atoms with Gasteiger partial charge in [-0.2, -0.15) is 5.10 Å². The summed E-state index contributed by atoms with van der Waals surface area (Å²) in [5.74, 6) is -0.266. The van der Waals surface area contributed by atoms with Crippen molar-refractivity contribution in [1.29, 1.82) is 0 Å². The van der Waals surface area contributed by atoms with Crippen LogP contribution in [0.2, 0.25) is 5.02 Å². The first kappa shape index (κ1) is 14.0. The van der Waals surface area contributed by atoms with Crippen molar-refractivity contribution < 1.29 is 4.39 Å². The molecule has 1 unspecified atom stereocenters. The van der Waals surface area contributed by atoms with Gasteiger partial charge < -0.3 is 5.32 Å². The molecule has 5 heteroatoms. The summed E-state index contributed by atoms with van der Waals surface area (Å²) < 4.78 is 15.7. The van der Waals surface area contributed by atoms with Gasteiger partial charge in [0.05, 0.1) is 11.7 Å². The molecule has 3 nitrogen and oxygen atoms in total. The lowest BCUT2D eigenvalue weighted by Gasteiger charge is -2.19. The topological polar surface area (TPSA) is 29.9 Å². The molecule has 19 heavy (non-hydrogen) atoms. The van der Waals surface area contributed by atoms with E-state index >= 15 is 0 Å². The van der Waals surface area contributed by atoms with Gasteiger partial charge in [0.1, 0.15) is 5.82 Å². The number of benzene rings is 1. The minimum atomic E-state index is -0.266. The van der Waals surface area contributed by atoms with Crippen LogP contribution in [0.4, 0.5) is 4.39 Å². The van der Waals surface area contributed by atoms with Gasteiger partial charge >= 0.3 is 0 Å².